The van der Waals surface area contributed by atoms with Crippen molar-refractivity contribution in [2.24, 2.45) is 5.92 Å². The van der Waals surface area contributed by atoms with Gasteiger partial charge in [0.25, 0.3) is 0 Å². The fourth-order valence-electron chi connectivity index (χ4n) is 2.91. The van der Waals surface area contributed by atoms with Gasteiger partial charge in [-0.15, -0.1) is 0 Å². The fraction of sp³-hybridized carbons (Fsp3) is 0.500. The molecule has 0 spiro atoms. The second kappa shape index (κ2) is 6.24. The second-order valence-corrected chi connectivity index (χ2v) is 6.40. The van der Waals surface area contributed by atoms with Crippen LogP contribution in [0.3, 0.4) is 0 Å². The Kier molecular flexibility index (Phi) is 4.38. The number of piperidine rings is 1. The molecule has 0 saturated carbocycles. The van der Waals surface area contributed by atoms with Gasteiger partial charge in [-0.2, -0.15) is 5.10 Å². The van der Waals surface area contributed by atoms with Crippen molar-refractivity contribution >= 4 is 40.1 Å². The minimum absolute atomic E-state index is 0.692. The third kappa shape index (κ3) is 2.90. The third-order valence-electron chi connectivity index (χ3n) is 3.88. The minimum Gasteiger partial charge on any atom is -0.371 e. The van der Waals surface area contributed by atoms with E-state index in [0.717, 1.165) is 35.6 Å². The summed E-state index contributed by atoms with van der Waals surface area (Å²) in [5.74, 6) is 0.692. The van der Waals surface area contributed by atoms with E-state index in [1.54, 1.807) is 11.9 Å². The molecule has 1 aliphatic rings. The second-order valence-electron chi connectivity index (χ2n) is 5.26. The number of hydrogen-bond donors (Lipinski definition) is 2. The van der Waals surface area contributed by atoms with Crippen LogP contribution in [0.25, 0.3) is 10.9 Å². The summed E-state index contributed by atoms with van der Waals surface area (Å²) < 4.78 is 3.38. The zero-order chi connectivity index (χ0) is 13.9. The molecule has 1 fully saturated rings. The molecule has 1 aliphatic heterocycles. The highest BCUT2D eigenvalue weighted by molar-refractivity contribution is 7.96. The molecule has 108 valence electrons. The molecule has 0 aliphatic carbocycles. The van der Waals surface area contributed by atoms with E-state index in [4.69, 9.17) is 11.6 Å². The number of fused-ring (bicyclic) bond motifs is 1. The van der Waals surface area contributed by atoms with Crippen LogP contribution in [-0.4, -0.2) is 36.1 Å². The van der Waals surface area contributed by atoms with E-state index < -0.39 is 0 Å². The summed E-state index contributed by atoms with van der Waals surface area (Å²) in [5.41, 5.74) is 2.21. The van der Waals surface area contributed by atoms with Crippen LogP contribution in [-0.2, 0) is 0 Å². The first-order valence-corrected chi connectivity index (χ1v) is 8.51. The van der Waals surface area contributed by atoms with Crippen molar-refractivity contribution < 1.29 is 0 Å². The maximum absolute atomic E-state index is 6.23. The number of rotatable bonds is 4. The first kappa shape index (κ1) is 14.0. The van der Waals surface area contributed by atoms with Crippen molar-refractivity contribution in [2.45, 2.75) is 12.8 Å². The van der Waals surface area contributed by atoms with E-state index in [0.29, 0.717) is 5.92 Å². The van der Waals surface area contributed by atoms with E-state index >= 15 is 0 Å². The molecular formula is C14H19ClN4S. The average molecular weight is 311 g/mol. The lowest BCUT2D eigenvalue weighted by Crippen LogP contribution is -2.38. The Morgan fingerprint density at radius 2 is 2.45 bits per heavy atom. The molecule has 2 N–H and O–H groups in total. The molecule has 20 heavy (non-hydrogen) atoms. The van der Waals surface area contributed by atoms with Crippen molar-refractivity contribution in [3.8, 4) is 0 Å². The van der Waals surface area contributed by atoms with Gasteiger partial charge in [0.2, 0.25) is 0 Å². The highest BCUT2D eigenvalue weighted by Crippen LogP contribution is 2.32. The summed E-state index contributed by atoms with van der Waals surface area (Å²) in [6.07, 6.45) is 6.49. The summed E-state index contributed by atoms with van der Waals surface area (Å²) >= 11 is 7.92. The molecule has 1 aromatic carbocycles. The molecule has 1 unspecified atom stereocenters. The molecular weight excluding hydrogens is 292 g/mol. The van der Waals surface area contributed by atoms with Gasteiger partial charge in [-0.1, -0.05) is 23.5 Å². The SMILES string of the molecule is CSNCC1CCCN(c2cc(Cl)cc3[nH]ncc23)C1. The average Bonchev–Trinajstić information content (AvgIpc) is 2.92. The Hall–Kier alpha value is -0.910. The Labute approximate surface area is 128 Å². The summed E-state index contributed by atoms with van der Waals surface area (Å²) in [6.45, 7) is 3.23. The van der Waals surface area contributed by atoms with Crippen LogP contribution < -0.4 is 9.62 Å². The van der Waals surface area contributed by atoms with Gasteiger partial charge >= 0.3 is 0 Å². The van der Waals surface area contributed by atoms with Crippen molar-refractivity contribution in [3.63, 3.8) is 0 Å². The van der Waals surface area contributed by atoms with Crippen LogP contribution >= 0.6 is 23.5 Å². The predicted octanol–water partition coefficient (Wildman–Crippen LogP) is 3.30. The Bertz CT molecular complexity index is 586. The number of nitrogens with one attached hydrogen (secondary N) is 2. The third-order valence-corrected chi connectivity index (χ3v) is 4.55. The Morgan fingerprint density at radius 3 is 3.30 bits per heavy atom. The van der Waals surface area contributed by atoms with E-state index in [1.165, 1.54) is 18.5 Å². The summed E-state index contributed by atoms with van der Waals surface area (Å²) in [7, 11) is 0. The normalized spacial score (nSPS) is 19.7. The quantitative estimate of drug-likeness (QED) is 0.851. The maximum atomic E-state index is 6.23. The van der Waals surface area contributed by atoms with E-state index in [9.17, 15) is 0 Å². The van der Waals surface area contributed by atoms with Gasteiger partial charge in [0.1, 0.15) is 0 Å². The number of aromatic nitrogens is 2. The fourth-order valence-corrected chi connectivity index (χ4v) is 3.53. The largest absolute Gasteiger partial charge is 0.371 e. The van der Waals surface area contributed by atoms with Crippen LogP contribution in [0.2, 0.25) is 5.02 Å². The van der Waals surface area contributed by atoms with Gasteiger partial charge in [-0.05, 0) is 37.1 Å². The number of halogens is 1. The number of nitrogens with zero attached hydrogens (tertiary/aromatic N) is 2. The maximum Gasteiger partial charge on any atom is 0.0686 e. The predicted molar refractivity (Wildman–Crippen MR) is 87.6 cm³/mol. The molecule has 4 nitrogen and oxygen atoms in total. The summed E-state index contributed by atoms with van der Waals surface area (Å²) in [6, 6.07) is 3.99. The van der Waals surface area contributed by atoms with Crippen LogP contribution in [0, 0.1) is 5.92 Å². The summed E-state index contributed by atoms with van der Waals surface area (Å²) in [4.78, 5) is 2.44. The first-order valence-electron chi connectivity index (χ1n) is 6.91. The molecule has 1 saturated heterocycles. The highest BCUT2D eigenvalue weighted by atomic mass is 35.5. The molecule has 2 aromatic rings. The molecule has 1 atom stereocenters. The molecule has 3 rings (SSSR count). The zero-order valence-corrected chi connectivity index (χ0v) is 13.1. The van der Waals surface area contributed by atoms with E-state index in [1.807, 2.05) is 12.3 Å². The molecule has 1 aromatic heterocycles. The zero-order valence-electron chi connectivity index (χ0n) is 11.5. The van der Waals surface area contributed by atoms with Gasteiger partial charge < -0.3 is 4.90 Å². The van der Waals surface area contributed by atoms with Gasteiger partial charge in [0, 0.05) is 35.7 Å². The molecule has 0 amide bonds. The van der Waals surface area contributed by atoms with Crippen molar-refractivity contribution in [1.82, 2.24) is 14.9 Å². The van der Waals surface area contributed by atoms with E-state index in [-0.39, 0.29) is 0 Å². The number of anilines is 1. The van der Waals surface area contributed by atoms with Crippen LogP contribution in [0.1, 0.15) is 12.8 Å². The van der Waals surface area contributed by atoms with Crippen LogP contribution in [0.15, 0.2) is 18.3 Å². The standard InChI is InChI=1S/C14H19ClN4S/c1-20-17-7-10-3-2-4-19(9-10)14-6-11(15)5-13-12(14)8-16-18-13/h5-6,8,10,17H,2-4,7,9H2,1H3,(H,16,18). The Balaban J connectivity index is 1.84. The lowest BCUT2D eigenvalue weighted by molar-refractivity contribution is 0.416. The molecule has 6 heteroatoms. The first-order chi connectivity index (χ1) is 9.78. The van der Waals surface area contributed by atoms with Crippen molar-refractivity contribution in [1.29, 1.82) is 0 Å². The topological polar surface area (TPSA) is 44.0 Å². The number of H-pyrrole nitrogens is 1. The summed E-state index contributed by atoms with van der Waals surface area (Å²) in [5, 5.41) is 9.07. The lowest BCUT2D eigenvalue weighted by Gasteiger charge is -2.34. The van der Waals surface area contributed by atoms with Crippen molar-refractivity contribution in [2.75, 3.05) is 30.8 Å². The Morgan fingerprint density at radius 1 is 1.55 bits per heavy atom. The van der Waals surface area contributed by atoms with Gasteiger partial charge in [0.05, 0.1) is 11.7 Å². The van der Waals surface area contributed by atoms with E-state index in [2.05, 4.69) is 32.1 Å². The van der Waals surface area contributed by atoms with Gasteiger partial charge in [-0.3, -0.25) is 9.82 Å². The lowest BCUT2D eigenvalue weighted by atomic mass is 9.97. The number of benzene rings is 1. The number of aromatic amines is 1. The highest BCUT2D eigenvalue weighted by Gasteiger charge is 2.21. The molecule has 0 bridgehead atoms. The molecule has 2 heterocycles. The minimum atomic E-state index is 0.692. The van der Waals surface area contributed by atoms with Crippen LogP contribution in [0.5, 0.6) is 0 Å². The van der Waals surface area contributed by atoms with Crippen molar-refractivity contribution in [3.05, 3.63) is 23.4 Å². The van der Waals surface area contributed by atoms with Gasteiger partial charge in [-0.25, -0.2) is 0 Å². The van der Waals surface area contributed by atoms with Gasteiger partial charge in [0.15, 0.2) is 0 Å². The number of hydrogen-bond acceptors (Lipinski definition) is 4. The molecule has 0 radical (unpaired) electrons. The monoisotopic (exact) mass is 310 g/mol. The van der Waals surface area contributed by atoms with Crippen LogP contribution in [0.4, 0.5) is 5.69 Å². The smallest absolute Gasteiger partial charge is 0.0686 e.